The average Bonchev–Trinajstić information content (AvgIpc) is 2.74. The van der Waals surface area contributed by atoms with Gasteiger partial charge in [0.05, 0.1) is 12.6 Å². The minimum Gasteiger partial charge on any atom is -0.445 e. The smallest absolute Gasteiger partial charge is 0.410 e. The van der Waals surface area contributed by atoms with Gasteiger partial charge in [-0.05, 0) is 12.8 Å². The van der Waals surface area contributed by atoms with Gasteiger partial charge in [-0.2, -0.15) is 0 Å². The van der Waals surface area contributed by atoms with Crippen LogP contribution in [0.3, 0.4) is 0 Å². The van der Waals surface area contributed by atoms with E-state index in [1.165, 1.54) is 0 Å². The molecule has 0 aromatic heterocycles. The summed E-state index contributed by atoms with van der Waals surface area (Å²) in [7, 11) is 0. The summed E-state index contributed by atoms with van der Waals surface area (Å²) in [5, 5.41) is 0. The van der Waals surface area contributed by atoms with Crippen molar-refractivity contribution in [2.45, 2.75) is 31.5 Å². The van der Waals surface area contributed by atoms with Gasteiger partial charge in [-0.3, -0.25) is 0 Å². The van der Waals surface area contributed by atoms with Gasteiger partial charge in [-0.1, -0.05) is 0 Å². The lowest BCUT2D eigenvalue weighted by Crippen LogP contribution is -2.47. The summed E-state index contributed by atoms with van der Waals surface area (Å²) in [4.78, 5) is 13.3. The van der Waals surface area contributed by atoms with E-state index < -0.39 is 0 Å². The second-order valence-corrected chi connectivity index (χ2v) is 4.11. The van der Waals surface area contributed by atoms with Crippen molar-refractivity contribution in [2.75, 3.05) is 26.2 Å². The fourth-order valence-electron chi connectivity index (χ4n) is 2.03. The lowest BCUT2D eigenvalue weighted by Gasteiger charge is -2.32. The zero-order chi connectivity index (χ0) is 10.7. The zero-order valence-corrected chi connectivity index (χ0v) is 8.85. The fourth-order valence-corrected chi connectivity index (χ4v) is 2.03. The van der Waals surface area contributed by atoms with Crippen LogP contribution in [-0.2, 0) is 9.47 Å². The summed E-state index contributed by atoms with van der Waals surface area (Å²) in [6.07, 6.45) is 2.83. The first-order chi connectivity index (χ1) is 7.29. The second kappa shape index (κ2) is 4.81. The van der Waals surface area contributed by atoms with Gasteiger partial charge in [-0.15, -0.1) is 0 Å². The van der Waals surface area contributed by atoms with Gasteiger partial charge >= 0.3 is 6.09 Å². The number of hydrogen-bond acceptors (Lipinski definition) is 4. The van der Waals surface area contributed by atoms with Crippen LogP contribution >= 0.6 is 0 Å². The van der Waals surface area contributed by atoms with Crippen molar-refractivity contribution in [2.24, 2.45) is 5.73 Å². The molecule has 86 valence electrons. The van der Waals surface area contributed by atoms with E-state index >= 15 is 0 Å². The Hall–Kier alpha value is -0.810. The van der Waals surface area contributed by atoms with Crippen LogP contribution in [-0.4, -0.2) is 49.4 Å². The van der Waals surface area contributed by atoms with Crippen LogP contribution in [0.15, 0.2) is 0 Å². The van der Waals surface area contributed by atoms with E-state index in [4.69, 9.17) is 15.2 Å². The highest BCUT2D eigenvalue weighted by Crippen LogP contribution is 2.17. The van der Waals surface area contributed by atoms with Crippen molar-refractivity contribution < 1.29 is 14.3 Å². The highest BCUT2D eigenvalue weighted by molar-refractivity contribution is 5.68. The Balaban J connectivity index is 1.80. The highest BCUT2D eigenvalue weighted by atomic mass is 16.6. The van der Waals surface area contributed by atoms with Crippen LogP contribution in [0.4, 0.5) is 4.79 Å². The molecule has 2 saturated heterocycles. The Kier molecular flexibility index (Phi) is 3.43. The van der Waals surface area contributed by atoms with Crippen LogP contribution in [0.25, 0.3) is 0 Å². The van der Waals surface area contributed by atoms with Crippen LogP contribution in [0, 0.1) is 0 Å². The van der Waals surface area contributed by atoms with Crippen molar-refractivity contribution in [3.05, 3.63) is 0 Å². The normalized spacial score (nSPS) is 31.8. The van der Waals surface area contributed by atoms with Crippen LogP contribution in [0.5, 0.6) is 0 Å². The molecule has 0 radical (unpaired) electrons. The Morgan fingerprint density at radius 1 is 1.40 bits per heavy atom. The van der Waals surface area contributed by atoms with Crippen LogP contribution in [0.1, 0.15) is 19.3 Å². The predicted molar refractivity (Wildman–Crippen MR) is 54.5 cm³/mol. The lowest BCUT2D eigenvalue weighted by atomic mass is 10.2. The minimum atomic E-state index is -0.243. The van der Waals surface area contributed by atoms with E-state index in [9.17, 15) is 4.79 Å². The van der Waals surface area contributed by atoms with Gasteiger partial charge in [0.1, 0.15) is 6.10 Å². The molecule has 2 N–H and O–H groups in total. The summed E-state index contributed by atoms with van der Waals surface area (Å²) in [6.45, 7) is 2.63. The fraction of sp³-hybridized carbons (Fsp3) is 0.900. The Morgan fingerprint density at radius 3 is 2.87 bits per heavy atom. The molecule has 5 nitrogen and oxygen atoms in total. The summed E-state index contributed by atoms with van der Waals surface area (Å²) in [6, 6.07) is 0. The van der Waals surface area contributed by atoms with E-state index in [-0.39, 0.29) is 18.3 Å². The molecule has 2 heterocycles. The number of amides is 1. The SMILES string of the molecule is NCC1CCN(CC2CCCO2)C(=O)O1. The number of ether oxygens (including phenoxy) is 2. The number of carbonyl (C=O) groups is 1. The van der Waals surface area contributed by atoms with E-state index in [2.05, 4.69) is 0 Å². The summed E-state index contributed by atoms with van der Waals surface area (Å²) in [5.41, 5.74) is 5.45. The number of cyclic esters (lactones) is 1. The monoisotopic (exact) mass is 214 g/mol. The van der Waals surface area contributed by atoms with E-state index in [0.717, 1.165) is 32.4 Å². The van der Waals surface area contributed by atoms with Crippen LogP contribution in [0.2, 0.25) is 0 Å². The summed E-state index contributed by atoms with van der Waals surface area (Å²) >= 11 is 0. The largest absolute Gasteiger partial charge is 0.445 e. The topological polar surface area (TPSA) is 64.8 Å². The molecular formula is C10H18N2O3. The quantitative estimate of drug-likeness (QED) is 0.735. The Bertz CT molecular complexity index is 229. The maximum atomic E-state index is 11.5. The predicted octanol–water partition coefficient (Wildman–Crippen LogP) is 0.335. The summed E-state index contributed by atoms with van der Waals surface area (Å²) in [5.74, 6) is 0. The van der Waals surface area contributed by atoms with E-state index in [0.29, 0.717) is 13.1 Å². The molecule has 0 aliphatic carbocycles. The third kappa shape index (κ3) is 2.60. The van der Waals surface area contributed by atoms with Crippen molar-refractivity contribution in [3.8, 4) is 0 Å². The third-order valence-corrected chi connectivity index (χ3v) is 2.96. The molecule has 15 heavy (non-hydrogen) atoms. The molecule has 0 aromatic carbocycles. The van der Waals surface area contributed by atoms with Crippen molar-refractivity contribution >= 4 is 6.09 Å². The van der Waals surface area contributed by atoms with Gasteiger partial charge in [-0.25, -0.2) is 4.79 Å². The van der Waals surface area contributed by atoms with Gasteiger partial charge in [0.15, 0.2) is 0 Å². The molecule has 2 unspecified atom stereocenters. The van der Waals surface area contributed by atoms with Gasteiger partial charge in [0.2, 0.25) is 0 Å². The molecule has 2 rings (SSSR count). The number of nitrogens with zero attached hydrogens (tertiary/aromatic N) is 1. The number of hydrogen-bond donors (Lipinski definition) is 1. The van der Waals surface area contributed by atoms with E-state index in [1.54, 1.807) is 4.90 Å². The molecular weight excluding hydrogens is 196 g/mol. The van der Waals surface area contributed by atoms with Gasteiger partial charge in [0, 0.05) is 26.1 Å². The van der Waals surface area contributed by atoms with Crippen molar-refractivity contribution in [1.82, 2.24) is 4.90 Å². The average molecular weight is 214 g/mol. The lowest BCUT2D eigenvalue weighted by molar-refractivity contribution is 0.00778. The molecule has 0 aromatic rings. The standard InChI is InChI=1S/C10H18N2O3/c11-6-8-3-4-12(10(13)15-8)7-9-2-1-5-14-9/h8-9H,1-7,11H2. The van der Waals surface area contributed by atoms with Crippen molar-refractivity contribution in [1.29, 1.82) is 0 Å². The molecule has 2 aliphatic rings. The first kappa shape index (κ1) is 10.7. The van der Waals surface area contributed by atoms with Crippen LogP contribution < -0.4 is 5.73 Å². The molecule has 2 aliphatic heterocycles. The molecule has 5 heteroatoms. The maximum absolute atomic E-state index is 11.5. The van der Waals surface area contributed by atoms with Gasteiger partial charge in [0.25, 0.3) is 0 Å². The number of nitrogens with two attached hydrogens (primary N) is 1. The second-order valence-electron chi connectivity index (χ2n) is 4.11. The molecule has 0 bridgehead atoms. The molecule has 0 spiro atoms. The first-order valence-corrected chi connectivity index (χ1v) is 5.57. The van der Waals surface area contributed by atoms with E-state index in [1.807, 2.05) is 0 Å². The zero-order valence-electron chi connectivity index (χ0n) is 8.85. The molecule has 0 saturated carbocycles. The highest BCUT2D eigenvalue weighted by Gasteiger charge is 2.29. The number of carbonyl (C=O) groups excluding carboxylic acids is 1. The van der Waals surface area contributed by atoms with Gasteiger partial charge < -0.3 is 20.1 Å². The minimum absolute atomic E-state index is 0.0988. The molecule has 1 amide bonds. The van der Waals surface area contributed by atoms with Crippen molar-refractivity contribution in [3.63, 3.8) is 0 Å². The maximum Gasteiger partial charge on any atom is 0.410 e. The third-order valence-electron chi connectivity index (χ3n) is 2.96. The molecule has 2 fully saturated rings. The Morgan fingerprint density at radius 2 is 2.27 bits per heavy atom. The molecule has 2 atom stereocenters. The number of rotatable bonds is 3. The first-order valence-electron chi connectivity index (χ1n) is 5.57. The Labute approximate surface area is 89.5 Å². The summed E-state index contributed by atoms with van der Waals surface area (Å²) < 4.78 is 10.6.